The van der Waals surface area contributed by atoms with Gasteiger partial charge in [0.25, 0.3) is 5.91 Å². The quantitative estimate of drug-likeness (QED) is 0.688. The Bertz CT molecular complexity index is 902. The standard InChI is InChI=1S/C19H16ClFN4O/c20-14-2-1-3-16(10-14)25-18-11-17(23-12-24-18)19(26)22-9-8-13-4-6-15(21)7-5-13/h1-7,10-12H,8-9H2,(H,22,26)(H,23,24,25). The average Bonchev–Trinajstić information content (AvgIpc) is 2.63. The monoisotopic (exact) mass is 370 g/mol. The summed E-state index contributed by atoms with van der Waals surface area (Å²) in [6.07, 6.45) is 1.92. The molecule has 132 valence electrons. The van der Waals surface area contributed by atoms with Crippen molar-refractivity contribution < 1.29 is 9.18 Å². The zero-order valence-electron chi connectivity index (χ0n) is 13.7. The number of hydrogen-bond acceptors (Lipinski definition) is 4. The fourth-order valence-electron chi connectivity index (χ4n) is 2.33. The van der Waals surface area contributed by atoms with E-state index in [4.69, 9.17) is 11.6 Å². The Morgan fingerprint density at radius 1 is 1.08 bits per heavy atom. The van der Waals surface area contributed by atoms with Crippen molar-refractivity contribution in [3.63, 3.8) is 0 Å². The summed E-state index contributed by atoms with van der Waals surface area (Å²) in [5.74, 6) is -0.0897. The van der Waals surface area contributed by atoms with E-state index >= 15 is 0 Å². The second-order valence-electron chi connectivity index (χ2n) is 5.56. The number of carbonyl (C=O) groups excluding carboxylic acids is 1. The molecule has 0 fully saturated rings. The van der Waals surface area contributed by atoms with E-state index in [1.165, 1.54) is 18.5 Å². The Labute approximate surface area is 155 Å². The lowest BCUT2D eigenvalue weighted by molar-refractivity contribution is 0.0949. The second kappa shape index (κ2) is 8.40. The van der Waals surface area contributed by atoms with E-state index in [2.05, 4.69) is 20.6 Å². The molecule has 3 aromatic rings. The summed E-state index contributed by atoms with van der Waals surface area (Å²) in [6, 6.07) is 14.9. The molecule has 0 spiro atoms. The van der Waals surface area contributed by atoms with Gasteiger partial charge in [0.1, 0.15) is 23.7 Å². The number of aromatic nitrogens is 2. The summed E-state index contributed by atoms with van der Waals surface area (Å²) in [7, 11) is 0. The van der Waals surface area contributed by atoms with Crippen LogP contribution in [0, 0.1) is 5.82 Å². The number of carbonyl (C=O) groups is 1. The number of hydrogen-bond donors (Lipinski definition) is 2. The van der Waals surface area contributed by atoms with Crippen LogP contribution in [0.2, 0.25) is 5.02 Å². The molecular weight excluding hydrogens is 355 g/mol. The Morgan fingerprint density at radius 2 is 1.88 bits per heavy atom. The first-order valence-electron chi connectivity index (χ1n) is 7.97. The van der Waals surface area contributed by atoms with Gasteiger partial charge in [-0.05, 0) is 42.3 Å². The van der Waals surface area contributed by atoms with Crippen molar-refractivity contribution in [2.45, 2.75) is 6.42 Å². The molecule has 2 aromatic carbocycles. The van der Waals surface area contributed by atoms with Gasteiger partial charge in [0, 0.05) is 23.3 Å². The van der Waals surface area contributed by atoms with E-state index in [-0.39, 0.29) is 17.4 Å². The molecule has 1 amide bonds. The minimum Gasteiger partial charge on any atom is -0.350 e. The van der Waals surface area contributed by atoms with E-state index in [1.54, 1.807) is 30.3 Å². The minimum absolute atomic E-state index is 0.253. The van der Waals surface area contributed by atoms with Crippen LogP contribution in [0.1, 0.15) is 16.1 Å². The predicted octanol–water partition coefficient (Wildman–Crippen LogP) is 3.99. The van der Waals surface area contributed by atoms with Gasteiger partial charge in [-0.3, -0.25) is 4.79 Å². The summed E-state index contributed by atoms with van der Waals surface area (Å²) in [4.78, 5) is 20.3. The maximum atomic E-state index is 12.9. The van der Waals surface area contributed by atoms with Crippen molar-refractivity contribution in [3.05, 3.63) is 83.0 Å². The van der Waals surface area contributed by atoms with Crippen molar-refractivity contribution in [1.29, 1.82) is 0 Å². The fourth-order valence-corrected chi connectivity index (χ4v) is 2.52. The number of rotatable bonds is 6. The van der Waals surface area contributed by atoms with Crippen molar-refractivity contribution >= 4 is 29.0 Å². The molecule has 0 aliphatic rings. The van der Waals surface area contributed by atoms with Crippen LogP contribution in [0.15, 0.2) is 60.9 Å². The van der Waals surface area contributed by atoms with Crippen LogP contribution in [0.3, 0.4) is 0 Å². The Hall–Kier alpha value is -2.99. The second-order valence-corrected chi connectivity index (χ2v) is 5.99. The van der Waals surface area contributed by atoms with Gasteiger partial charge in [-0.1, -0.05) is 29.8 Å². The van der Waals surface area contributed by atoms with Crippen LogP contribution in [-0.2, 0) is 6.42 Å². The molecule has 1 heterocycles. The van der Waals surface area contributed by atoms with Gasteiger partial charge in [-0.2, -0.15) is 0 Å². The SMILES string of the molecule is O=C(NCCc1ccc(F)cc1)c1cc(Nc2cccc(Cl)c2)ncn1. The first-order valence-corrected chi connectivity index (χ1v) is 8.35. The van der Waals surface area contributed by atoms with Gasteiger partial charge in [0.05, 0.1) is 0 Å². The van der Waals surface area contributed by atoms with Gasteiger partial charge < -0.3 is 10.6 Å². The van der Waals surface area contributed by atoms with E-state index in [0.717, 1.165) is 11.3 Å². The third kappa shape index (κ3) is 5.00. The molecular formula is C19H16ClFN4O. The zero-order chi connectivity index (χ0) is 18.4. The van der Waals surface area contributed by atoms with E-state index in [9.17, 15) is 9.18 Å². The zero-order valence-corrected chi connectivity index (χ0v) is 14.5. The van der Waals surface area contributed by atoms with Gasteiger partial charge in [-0.25, -0.2) is 14.4 Å². The highest BCUT2D eigenvalue weighted by Gasteiger charge is 2.08. The maximum Gasteiger partial charge on any atom is 0.270 e. The molecule has 5 nitrogen and oxygen atoms in total. The van der Waals surface area contributed by atoms with Gasteiger partial charge in [-0.15, -0.1) is 0 Å². The Morgan fingerprint density at radius 3 is 2.65 bits per heavy atom. The number of nitrogens with zero attached hydrogens (tertiary/aromatic N) is 2. The highest BCUT2D eigenvalue weighted by molar-refractivity contribution is 6.30. The third-order valence-electron chi connectivity index (χ3n) is 3.61. The van der Waals surface area contributed by atoms with Crippen LogP contribution >= 0.6 is 11.6 Å². The Balaban J connectivity index is 1.58. The number of halogens is 2. The molecule has 0 radical (unpaired) electrons. The van der Waals surface area contributed by atoms with Gasteiger partial charge in [0.15, 0.2) is 0 Å². The van der Waals surface area contributed by atoms with Crippen LogP contribution < -0.4 is 10.6 Å². The average molecular weight is 371 g/mol. The highest BCUT2D eigenvalue weighted by Crippen LogP contribution is 2.18. The number of benzene rings is 2. The molecule has 0 saturated carbocycles. The first kappa shape index (κ1) is 17.8. The lowest BCUT2D eigenvalue weighted by Gasteiger charge is -2.08. The fraction of sp³-hybridized carbons (Fsp3) is 0.105. The van der Waals surface area contributed by atoms with E-state index in [0.29, 0.717) is 23.8 Å². The first-order chi connectivity index (χ1) is 12.6. The van der Waals surface area contributed by atoms with Crippen LogP contribution in [0.4, 0.5) is 15.9 Å². The summed E-state index contributed by atoms with van der Waals surface area (Å²) in [6.45, 7) is 0.422. The summed E-state index contributed by atoms with van der Waals surface area (Å²) < 4.78 is 12.9. The largest absolute Gasteiger partial charge is 0.350 e. The molecule has 3 rings (SSSR count). The molecule has 0 unspecified atom stereocenters. The maximum absolute atomic E-state index is 12.9. The summed E-state index contributed by atoms with van der Waals surface area (Å²) >= 11 is 5.95. The molecule has 0 aliphatic carbocycles. The van der Waals surface area contributed by atoms with Crippen molar-refractivity contribution in [2.24, 2.45) is 0 Å². The number of anilines is 2. The predicted molar refractivity (Wildman–Crippen MR) is 99.2 cm³/mol. The van der Waals surface area contributed by atoms with Gasteiger partial charge in [0.2, 0.25) is 0 Å². The van der Waals surface area contributed by atoms with Crippen LogP contribution in [0.25, 0.3) is 0 Å². The summed E-state index contributed by atoms with van der Waals surface area (Å²) in [5, 5.41) is 6.47. The lowest BCUT2D eigenvalue weighted by atomic mass is 10.1. The molecule has 0 bridgehead atoms. The normalized spacial score (nSPS) is 10.4. The van der Waals surface area contributed by atoms with Crippen LogP contribution in [0.5, 0.6) is 0 Å². The van der Waals surface area contributed by atoms with Crippen molar-refractivity contribution in [3.8, 4) is 0 Å². The highest BCUT2D eigenvalue weighted by atomic mass is 35.5. The van der Waals surface area contributed by atoms with E-state index in [1.807, 2.05) is 12.1 Å². The Kier molecular flexibility index (Phi) is 5.76. The minimum atomic E-state index is -0.302. The van der Waals surface area contributed by atoms with Crippen molar-refractivity contribution in [1.82, 2.24) is 15.3 Å². The number of amides is 1. The lowest BCUT2D eigenvalue weighted by Crippen LogP contribution is -2.26. The van der Waals surface area contributed by atoms with Gasteiger partial charge >= 0.3 is 0 Å². The topological polar surface area (TPSA) is 66.9 Å². The molecule has 7 heteroatoms. The number of nitrogens with one attached hydrogen (secondary N) is 2. The molecule has 0 atom stereocenters. The van der Waals surface area contributed by atoms with E-state index < -0.39 is 0 Å². The molecule has 26 heavy (non-hydrogen) atoms. The van der Waals surface area contributed by atoms with Crippen LogP contribution in [-0.4, -0.2) is 22.4 Å². The third-order valence-corrected chi connectivity index (χ3v) is 3.84. The molecule has 2 N–H and O–H groups in total. The molecule has 0 aliphatic heterocycles. The molecule has 0 saturated heterocycles. The summed E-state index contributed by atoms with van der Waals surface area (Å²) in [5.41, 5.74) is 1.96. The molecule has 1 aromatic heterocycles. The smallest absolute Gasteiger partial charge is 0.270 e. The van der Waals surface area contributed by atoms with Crippen molar-refractivity contribution in [2.75, 3.05) is 11.9 Å².